The maximum atomic E-state index is 5.89. The number of nitrogens with one attached hydrogen (secondary N) is 2. The van der Waals surface area contributed by atoms with Crippen molar-refractivity contribution in [3.8, 4) is 17.4 Å². The average molecular weight is 420 g/mol. The lowest BCUT2D eigenvalue weighted by Gasteiger charge is -2.33. The van der Waals surface area contributed by atoms with Gasteiger partial charge in [0.2, 0.25) is 5.88 Å². The Hall–Kier alpha value is -1.86. The molecule has 1 aromatic carbocycles. The van der Waals surface area contributed by atoms with Crippen LogP contribution in [0.4, 0.5) is 0 Å². The van der Waals surface area contributed by atoms with Crippen LogP contribution in [-0.2, 0) is 11.3 Å². The van der Waals surface area contributed by atoms with Gasteiger partial charge < -0.3 is 24.8 Å². The van der Waals surface area contributed by atoms with E-state index in [9.17, 15) is 0 Å². The molecule has 29 heavy (non-hydrogen) atoms. The van der Waals surface area contributed by atoms with Gasteiger partial charge in [-0.25, -0.2) is 4.98 Å². The molecule has 3 atom stereocenters. The molecule has 2 aliphatic rings. The van der Waals surface area contributed by atoms with Crippen molar-refractivity contribution in [2.24, 2.45) is 5.92 Å². The van der Waals surface area contributed by atoms with Crippen molar-refractivity contribution in [1.82, 2.24) is 15.6 Å². The van der Waals surface area contributed by atoms with Crippen LogP contribution in [0.25, 0.3) is 0 Å². The van der Waals surface area contributed by atoms with Crippen molar-refractivity contribution in [3.63, 3.8) is 0 Å². The summed E-state index contributed by atoms with van der Waals surface area (Å²) in [5, 5.41) is 7.39. The quantitative estimate of drug-likeness (QED) is 0.715. The second-order valence-electron chi connectivity index (χ2n) is 7.50. The zero-order valence-corrected chi connectivity index (χ0v) is 17.6. The lowest BCUT2D eigenvalue weighted by Crippen LogP contribution is -2.50. The highest BCUT2D eigenvalue weighted by molar-refractivity contribution is 5.85. The van der Waals surface area contributed by atoms with Gasteiger partial charge in [-0.3, -0.25) is 0 Å². The molecule has 1 aromatic heterocycles. The number of halogens is 1. The minimum atomic E-state index is 0. The summed E-state index contributed by atoms with van der Waals surface area (Å²) in [6.45, 7) is 3.44. The summed E-state index contributed by atoms with van der Waals surface area (Å²) in [7, 11) is 1.65. The van der Waals surface area contributed by atoms with E-state index in [4.69, 9.17) is 14.2 Å². The predicted molar refractivity (Wildman–Crippen MR) is 115 cm³/mol. The molecule has 0 bridgehead atoms. The van der Waals surface area contributed by atoms with Gasteiger partial charge in [0.25, 0.3) is 0 Å². The second-order valence-corrected chi connectivity index (χ2v) is 7.50. The third-order valence-electron chi connectivity index (χ3n) is 5.69. The van der Waals surface area contributed by atoms with Crippen molar-refractivity contribution in [1.29, 1.82) is 0 Å². The van der Waals surface area contributed by atoms with Gasteiger partial charge in [0.05, 0.1) is 20.3 Å². The molecule has 2 N–H and O–H groups in total. The molecule has 158 valence electrons. The van der Waals surface area contributed by atoms with Gasteiger partial charge >= 0.3 is 0 Å². The van der Waals surface area contributed by atoms with Crippen LogP contribution < -0.4 is 20.1 Å². The maximum Gasteiger partial charge on any atom is 0.219 e. The van der Waals surface area contributed by atoms with E-state index in [1.54, 1.807) is 13.3 Å². The Labute approximate surface area is 178 Å². The average Bonchev–Trinajstić information content (AvgIpc) is 3.22. The van der Waals surface area contributed by atoms with Crippen LogP contribution in [0.15, 0.2) is 42.6 Å². The smallest absolute Gasteiger partial charge is 0.219 e. The largest absolute Gasteiger partial charge is 0.497 e. The fourth-order valence-corrected chi connectivity index (χ4v) is 4.21. The first kappa shape index (κ1) is 21.8. The zero-order valence-electron chi connectivity index (χ0n) is 16.8. The SMILES string of the molecule is COc1ccc(Oc2cc(CNC3CCCC3C3COCCN3)ccn2)cc1.Cl. The number of benzene rings is 1. The molecule has 1 saturated heterocycles. The van der Waals surface area contributed by atoms with Crippen molar-refractivity contribution in [3.05, 3.63) is 48.2 Å². The van der Waals surface area contributed by atoms with Gasteiger partial charge in [-0.1, -0.05) is 6.42 Å². The molecule has 0 amide bonds. The minimum Gasteiger partial charge on any atom is -0.497 e. The van der Waals surface area contributed by atoms with Crippen LogP contribution in [-0.4, -0.2) is 43.9 Å². The predicted octanol–water partition coefficient (Wildman–Crippen LogP) is 3.55. The molecule has 3 unspecified atom stereocenters. The van der Waals surface area contributed by atoms with Gasteiger partial charge in [0.15, 0.2) is 0 Å². The number of aromatic nitrogens is 1. The summed E-state index contributed by atoms with van der Waals surface area (Å²) in [5.41, 5.74) is 1.18. The van der Waals surface area contributed by atoms with E-state index in [0.717, 1.165) is 37.8 Å². The Kier molecular flexibility index (Phi) is 8.12. The normalized spacial score (nSPS) is 24.0. The van der Waals surface area contributed by atoms with Gasteiger partial charge in [-0.2, -0.15) is 0 Å². The molecule has 1 aliphatic heterocycles. The van der Waals surface area contributed by atoms with Crippen LogP contribution in [0, 0.1) is 5.92 Å². The number of methoxy groups -OCH3 is 1. The van der Waals surface area contributed by atoms with Crippen molar-refractivity contribution in [2.75, 3.05) is 26.9 Å². The van der Waals surface area contributed by atoms with Crippen LogP contribution in [0.3, 0.4) is 0 Å². The number of morpholine rings is 1. The fourth-order valence-electron chi connectivity index (χ4n) is 4.21. The first-order valence-electron chi connectivity index (χ1n) is 10.1. The van der Waals surface area contributed by atoms with E-state index in [1.165, 1.54) is 24.8 Å². The fraction of sp³-hybridized carbons (Fsp3) is 0.500. The topological polar surface area (TPSA) is 64.6 Å². The van der Waals surface area contributed by atoms with E-state index in [1.807, 2.05) is 36.4 Å². The highest BCUT2D eigenvalue weighted by atomic mass is 35.5. The number of nitrogens with zero attached hydrogens (tertiary/aromatic N) is 1. The van der Waals surface area contributed by atoms with Crippen molar-refractivity contribution < 1.29 is 14.2 Å². The molecular weight excluding hydrogens is 390 g/mol. The minimum absolute atomic E-state index is 0. The molecule has 2 fully saturated rings. The summed E-state index contributed by atoms with van der Waals surface area (Å²) >= 11 is 0. The van der Waals surface area contributed by atoms with Gasteiger partial charge in [-0.05, 0) is 54.7 Å². The van der Waals surface area contributed by atoms with E-state index in [0.29, 0.717) is 23.9 Å². The molecule has 4 rings (SSSR count). The first-order valence-corrected chi connectivity index (χ1v) is 10.1. The van der Waals surface area contributed by atoms with Crippen LogP contribution in [0.5, 0.6) is 17.4 Å². The standard InChI is InChI=1S/C22H29N3O3.ClH/c1-26-17-5-7-18(8-6-17)28-22-13-16(9-10-24-22)14-25-20-4-2-3-19(20)21-15-27-12-11-23-21;/h5-10,13,19-21,23,25H,2-4,11-12,14-15H2,1H3;1H. The summed E-state index contributed by atoms with van der Waals surface area (Å²) in [4.78, 5) is 4.34. The van der Waals surface area contributed by atoms with E-state index >= 15 is 0 Å². The molecular formula is C22H30ClN3O3. The highest BCUT2D eigenvalue weighted by Crippen LogP contribution is 2.30. The summed E-state index contributed by atoms with van der Waals surface area (Å²) in [5.74, 6) is 2.80. The highest BCUT2D eigenvalue weighted by Gasteiger charge is 2.34. The van der Waals surface area contributed by atoms with Gasteiger partial charge in [-0.15, -0.1) is 12.4 Å². The monoisotopic (exact) mass is 419 g/mol. The molecule has 1 aliphatic carbocycles. The molecule has 0 radical (unpaired) electrons. The summed E-state index contributed by atoms with van der Waals surface area (Å²) in [6.07, 6.45) is 5.57. The number of rotatable bonds is 7. The Bertz CT molecular complexity index is 753. The van der Waals surface area contributed by atoms with Crippen LogP contribution in [0.1, 0.15) is 24.8 Å². The Balaban J connectivity index is 0.00000240. The Morgan fingerprint density at radius 2 is 2.00 bits per heavy atom. The second kappa shape index (κ2) is 10.8. The lowest BCUT2D eigenvalue weighted by molar-refractivity contribution is 0.0524. The van der Waals surface area contributed by atoms with Crippen LogP contribution >= 0.6 is 12.4 Å². The molecule has 2 aromatic rings. The molecule has 1 saturated carbocycles. The van der Waals surface area contributed by atoms with E-state index in [2.05, 4.69) is 15.6 Å². The summed E-state index contributed by atoms with van der Waals surface area (Å²) in [6, 6.07) is 12.6. The van der Waals surface area contributed by atoms with E-state index in [-0.39, 0.29) is 12.4 Å². The van der Waals surface area contributed by atoms with E-state index < -0.39 is 0 Å². The number of pyridine rings is 1. The summed E-state index contributed by atoms with van der Waals surface area (Å²) < 4.78 is 16.7. The number of hydrogen-bond acceptors (Lipinski definition) is 6. The Morgan fingerprint density at radius 1 is 1.17 bits per heavy atom. The van der Waals surface area contributed by atoms with Crippen LogP contribution in [0.2, 0.25) is 0 Å². The third kappa shape index (κ3) is 5.82. The molecule has 7 heteroatoms. The lowest BCUT2D eigenvalue weighted by atomic mass is 9.94. The third-order valence-corrected chi connectivity index (χ3v) is 5.69. The van der Waals surface area contributed by atoms with Crippen molar-refractivity contribution in [2.45, 2.75) is 37.9 Å². The first-order chi connectivity index (χ1) is 13.8. The maximum absolute atomic E-state index is 5.89. The molecule has 6 nitrogen and oxygen atoms in total. The molecule has 0 spiro atoms. The zero-order chi connectivity index (χ0) is 19.2. The van der Waals surface area contributed by atoms with Gasteiger partial charge in [0, 0.05) is 37.4 Å². The van der Waals surface area contributed by atoms with Gasteiger partial charge in [0.1, 0.15) is 11.5 Å². The Morgan fingerprint density at radius 3 is 2.76 bits per heavy atom. The van der Waals surface area contributed by atoms with Crippen molar-refractivity contribution >= 4 is 12.4 Å². The number of hydrogen-bond donors (Lipinski definition) is 2. The number of ether oxygens (including phenoxy) is 3. The molecule has 2 heterocycles.